The van der Waals surface area contributed by atoms with Gasteiger partial charge in [-0.25, -0.2) is 0 Å². The number of carbonyl (C=O) groups is 2. The third kappa shape index (κ3) is 4.82. The second-order valence-electron chi connectivity index (χ2n) is 9.25. The van der Waals surface area contributed by atoms with Crippen molar-refractivity contribution in [1.29, 1.82) is 0 Å². The van der Waals surface area contributed by atoms with E-state index >= 15 is 0 Å². The number of aryl methyl sites for hydroxylation is 1. The largest absolute Gasteiger partial charge is 0.497 e. The molecule has 162 valence electrons. The smallest absolute Gasteiger partial charge is 0.149 e. The Kier molecular flexibility index (Phi) is 6.79. The number of ketones is 2. The van der Waals surface area contributed by atoms with Crippen molar-refractivity contribution in [2.45, 2.75) is 66.2 Å². The summed E-state index contributed by atoms with van der Waals surface area (Å²) < 4.78 is 5.38. The number of aromatic amines is 1. The van der Waals surface area contributed by atoms with Crippen molar-refractivity contribution >= 4 is 28.2 Å². The lowest BCUT2D eigenvalue weighted by Gasteiger charge is -2.34. The van der Waals surface area contributed by atoms with Crippen molar-refractivity contribution in [2.75, 3.05) is 13.7 Å². The standard InChI is InChI=1S/C25H34N2O3/c1-6-7-8-22(28)24-21(14-25(3,4)15-23(24)29)26-12-11-18-16(2)27-20-10-9-17(30-5)13-19(18)20/h9-10,13,24,27H,6-8,11-12,14-15H2,1-5H3/t24-/m1/s1. The number of hydrogen-bond acceptors (Lipinski definition) is 4. The molecular weight excluding hydrogens is 376 g/mol. The number of aromatic nitrogens is 1. The first kappa shape index (κ1) is 22.3. The quantitative estimate of drug-likeness (QED) is 0.606. The van der Waals surface area contributed by atoms with Crippen LogP contribution in [0.3, 0.4) is 0 Å². The zero-order valence-corrected chi connectivity index (χ0v) is 18.9. The molecule has 1 saturated carbocycles. The fraction of sp³-hybridized carbons (Fsp3) is 0.560. The van der Waals surface area contributed by atoms with E-state index in [9.17, 15) is 9.59 Å². The van der Waals surface area contributed by atoms with Crippen LogP contribution in [-0.2, 0) is 16.0 Å². The van der Waals surface area contributed by atoms with Crippen LogP contribution in [0.4, 0.5) is 0 Å². The summed E-state index contributed by atoms with van der Waals surface area (Å²) in [6.07, 6.45) is 4.17. The molecule has 1 fully saturated rings. The molecule has 1 N–H and O–H groups in total. The molecule has 0 spiro atoms. The van der Waals surface area contributed by atoms with Gasteiger partial charge in [-0.2, -0.15) is 0 Å². The Balaban J connectivity index is 1.83. The summed E-state index contributed by atoms with van der Waals surface area (Å²) in [6.45, 7) is 8.87. The molecule has 5 heteroatoms. The molecule has 0 amide bonds. The number of H-pyrrole nitrogens is 1. The van der Waals surface area contributed by atoms with Crippen LogP contribution >= 0.6 is 0 Å². The highest BCUT2D eigenvalue weighted by Gasteiger charge is 2.41. The maximum Gasteiger partial charge on any atom is 0.149 e. The van der Waals surface area contributed by atoms with E-state index in [0.717, 1.165) is 47.3 Å². The molecule has 0 radical (unpaired) electrons. The molecule has 2 aromatic rings. The van der Waals surface area contributed by atoms with Crippen LogP contribution < -0.4 is 4.74 Å². The highest BCUT2D eigenvalue weighted by Crippen LogP contribution is 2.36. The van der Waals surface area contributed by atoms with Crippen LogP contribution in [0, 0.1) is 18.3 Å². The topological polar surface area (TPSA) is 71.5 Å². The van der Waals surface area contributed by atoms with Gasteiger partial charge in [-0.15, -0.1) is 0 Å². The van der Waals surface area contributed by atoms with Crippen LogP contribution in [0.15, 0.2) is 23.2 Å². The Bertz CT molecular complexity index is 968. The SMILES string of the molecule is CCCCC(=O)[C@@H]1C(=O)CC(C)(C)CC1=NCCc1c(C)[nH]c2ccc(OC)cc12. The summed E-state index contributed by atoms with van der Waals surface area (Å²) in [5, 5.41) is 1.14. The molecule has 0 unspecified atom stereocenters. The number of nitrogens with one attached hydrogen (secondary N) is 1. The number of aliphatic imine (C=N–C) groups is 1. The van der Waals surface area contributed by atoms with Crippen LogP contribution in [0.1, 0.15) is 64.1 Å². The van der Waals surface area contributed by atoms with E-state index in [1.165, 1.54) is 5.56 Å². The van der Waals surface area contributed by atoms with Crippen LogP contribution in [0.2, 0.25) is 0 Å². The van der Waals surface area contributed by atoms with E-state index < -0.39 is 5.92 Å². The van der Waals surface area contributed by atoms with Gasteiger partial charge in [-0.05, 0) is 55.4 Å². The first-order valence-electron chi connectivity index (χ1n) is 11.0. The van der Waals surface area contributed by atoms with Gasteiger partial charge in [0.1, 0.15) is 23.2 Å². The minimum absolute atomic E-state index is 0.0408. The monoisotopic (exact) mass is 410 g/mol. The van der Waals surface area contributed by atoms with Crippen LogP contribution in [-0.4, -0.2) is 35.9 Å². The average molecular weight is 411 g/mol. The van der Waals surface area contributed by atoms with Crippen molar-refractivity contribution in [3.63, 3.8) is 0 Å². The lowest BCUT2D eigenvalue weighted by molar-refractivity contribution is -0.132. The first-order chi connectivity index (χ1) is 14.3. The summed E-state index contributed by atoms with van der Waals surface area (Å²) in [5.41, 5.74) is 4.06. The summed E-state index contributed by atoms with van der Waals surface area (Å²) in [4.78, 5) is 33.8. The number of fused-ring (bicyclic) bond motifs is 1. The molecular formula is C25H34N2O3. The normalized spacial score (nSPS) is 20.1. The number of benzene rings is 1. The van der Waals surface area contributed by atoms with Gasteiger partial charge >= 0.3 is 0 Å². The molecule has 1 aliphatic carbocycles. The molecule has 0 saturated heterocycles. The van der Waals surface area contributed by atoms with E-state index in [1.807, 2.05) is 18.2 Å². The molecule has 1 aliphatic rings. The maximum absolute atomic E-state index is 12.8. The van der Waals surface area contributed by atoms with Crippen LogP contribution in [0.5, 0.6) is 5.75 Å². The van der Waals surface area contributed by atoms with Crippen molar-refractivity contribution < 1.29 is 14.3 Å². The number of carbonyl (C=O) groups excluding carboxylic acids is 2. The Morgan fingerprint density at radius 3 is 2.77 bits per heavy atom. The first-order valence-corrected chi connectivity index (χ1v) is 11.0. The number of rotatable bonds is 8. The highest BCUT2D eigenvalue weighted by molar-refractivity contribution is 6.22. The minimum atomic E-state index is -0.631. The van der Waals surface area contributed by atoms with E-state index in [2.05, 4.69) is 32.7 Å². The molecule has 1 heterocycles. The second kappa shape index (κ2) is 9.15. The van der Waals surface area contributed by atoms with Gasteiger partial charge < -0.3 is 9.72 Å². The van der Waals surface area contributed by atoms with Gasteiger partial charge in [0.25, 0.3) is 0 Å². The number of unbranched alkanes of at least 4 members (excludes halogenated alkanes) is 1. The predicted molar refractivity (Wildman–Crippen MR) is 122 cm³/mol. The lowest BCUT2D eigenvalue weighted by atomic mass is 9.69. The summed E-state index contributed by atoms with van der Waals surface area (Å²) in [7, 11) is 1.67. The molecule has 30 heavy (non-hydrogen) atoms. The van der Waals surface area contributed by atoms with Gasteiger partial charge in [0, 0.05) is 41.7 Å². The molecule has 1 atom stereocenters. The average Bonchev–Trinajstić information content (AvgIpc) is 2.99. The van der Waals surface area contributed by atoms with Crippen molar-refractivity contribution in [1.82, 2.24) is 4.98 Å². The summed E-state index contributed by atoms with van der Waals surface area (Å²) in [6, 6.07) is 6.03. The van der Waals surface area contributed by atoms with Gasteiger partial charge in [-0.3, -0.25) is 14.6 Å². The molecule has 0 aliphatic heterocycles. The Labute approximate surface area is 179 Å². The van der Waals surface area contributed by atoms with Crippen molar-refractivity contribution in [3.8, 4) is 5.75 Å². The van der Waals surface area contributed by atoms with Crippen molar-refractivity contribution in [2.24, 2.45) is 16.3 Å². The number of methoxy groups -OCH3 is 1. The molecule has 5 nitrogen and oxygen atoms in total. The van der Waals surface area contributed by atoms with Crippen molar-refractivity contribution in [3.05, 3.63) is 29.5 Å². The Hall–Kier alpha value is -2.43. The second-order valence-corrected chi connectivity index (χ2v) is 9.25. The number of ether oxygens (including phenoxy) is 1. The molecule has 0 bridgehead atoms. The third-order valence-electron chi connectivity index (χ3n) is 6.07. The lowest BCUT2D eigenvalue weighted by Crippen LogP contribution is -2.42. The fourth-order valence-corrected chi connectivity index (χ4v) is 4.54. The number of hydrogen-bond donors (Lipinski definition) is 1. The predicted octanol–water partition coefficient (Wildman–Crippen LogP) is 5.23. The highest BCUT2D eigenvalue weighted by atomic mass is 16.5. The van der Waals surface area contributed by atoms with Gasteiger partial charge in [-0.1, -0.05) is 27.2 Å². The van der Waals surface area contributed by atoms with E-state index in [4.69, 9.17) is 9.73 Å². The van der Waals surface area contributed by atoms with E-state index in [0.29, 0.717) is 25.8 Å². The molecule has 3 rings (SSSR count). The Morgan fingerprint density at radius 1 is 1.30 bits per heavy atom. The summed E-state index contributed by atoms with van der Waals surface area (Å²) in [5.74, 6) is 0.284. The Morgan fingerprint density at radius 2 is 2.07 bits per heavy atom. The third-order valence-corrected chi connectivity index (χ3v) is 6.07. The number of nitrogens with zero attached hydrogens (tertiary/aromatic N) is 1. The fourth-order valence-electron chi connectivity index (χ4n) is 4.54. The minimum Gasteiger partial charge on any atom is -0.497 e. The van der Waals surface area contributed by atoms with Crippen LogP contribution in [0.25, 0.3) is 10.9 Å². The van der Waals surface area contributed by atoms with E-state index in [1.54, 1.807) is 7.11 Å². The zero-order chi connectivity index (χ0) is 21.9. The number of Topliss-reactive ketones (excluding diaryl/α,β-unsaturated/α-hetero) is 2. The van der Waals surface area contributed by atoms with E-state index in [-0.39, 0.29) is 17.0 Å². The molecule has 1 aromatic heterocycles. The van der Waals surface area contributed by atoms with Gasteiger partial charge in [0.2, 0.25) is 0 Å². The molecule has 1 aromatic carbocycles. The summed E-state index contributed by atoms with van der Waals surface area (Å²) >= 11 is 0. The zero-order valence-electron chi connectivity index (χ0n) is 18.9. The van der Waals surface area contributed by atoms with Gasteiger partial charge in [0.05, 0.1) is 7.11 Å². The maximum atomic E-state index is 12.8. The van der Waals surface area contributed by atoms with Gasteiger partial charge in [0.15, 0.2) is 0 Å².